The van der Waals surface area contributed by atoms with Crippen LogP contribution in [0.2, 0.25) is 0 Å². The van der Waals surface area contributed by atoms with Crippen molar-refractivity contribution in [3.05, 3.63) is 47.8 Å². The van der Waals surface area contributed by atoms with Crippen LogP contribution < -0.4 is 0 Å². The number of rotatable bonds is 1. The van der Waals surface area contributed by atoms with E-state index in [-0.39, 0.29) is 22.1 Å². The van der Waals surface area contributed by atoms with E-state index in [1.165, 1.54) is 6.07 Å². The number of benzene rings is 1. The van der Waals surface area contributed by atoms with Gasteiger partial charge in [0.1, 0.15) is 11.2 Å². The molecule has 1 aromatic carbocycles. The van der Waals surface area contributed by atoms with Crippen LogP contribution in [0.25, 0.3) is 27.8 Å². The lowest BCUT2D eigenvalue weighted by Gasteiger charge is -2.12. The molecule has 3 heterocycles. The van der Waals surface area contributed by atoms with Gasteiger partial charge in [-0.1, -0.05) is 0 Å². The Bertz CT molecular complexity index is 1170. The lowest BCUT2D eigenvalue weighted by Crippen LogP contribution is -2.14. The first-order chi connectivity index (χ1) is 12.6. The lowest BCUT2D eigenvalue weighted by molar-refractivity contribution is -0.145. The molecule has 140 valence electrons. The maximum absolute atomic E-state index is 13.7. The minimum Gasteiger partial charge on any atom is -0.275 e. The summed E-state index contributed by atoms with van der Waals surface area (Å²) in [5.74, 6) is -2.44. The molecule has 0 fully saturated rings. The number of hydrogen-bond donors (Lipinski definition) is 1. The second kappa shape index (κ2) is 5.41. The van der Waals surface area contributed by atoms with E-state index in [1.807, 2.05) is 0 Å². The summed E-state index contributed by atoms with van der Waals surface area (Å²) >= 11 is 0. The smallest absolute Gasteiger partial charge is 0.275 e. The van der Waals surface area contributed by atoms with Crippen LogP contribution in [-0.4, -0.2) is 24.7 Å². The maximum atomic E-state index is 13.7. The van der Waals surface area contributed by atoms with Gasteiger partial charge >= 0.3 is 12.4 Å². The zero-order valence-corrected chi connectivity index (χ0v) is 12.8. The third-order valence-electron chi connectivity index (χ3n) is 3.81. The van der Waals surface area contributed by atoms with Gasteiger partial charge in [-0.15, -0.1) is 5.10 Å². The van der Waals surface area contributed by atoms with E-state index in [4.69, 9.17) is 0 Å². The molecule has 0 spiro atoms. The number of fused-ring (bicyclic) bond motifs is 2. The lowest BCUT2D eigenvalue weighted by atomic mass is 10.2. The molecule has 3 aromatic heterocycles. The van der Waals surface area contributed by atoms with Gasteiger partial charge in [0, 0.05) is 0 Å². The summed E-state index contributed by atoms with van der Waals surface area (Å²) in [6.45, 7) is 0. The molecule has 1 N–H and O–H groups in total. The molecule has 0 amide bonds. The van der Waals surface area contributed by atoms with Gasteiger partial charge < -0.3 is 0 Å². The van der Waals surface area contributed by atoms with Crippen LogP contribution in [0.15, 0.2) is 30.3 Å². The Balaban J connectivity index is 2.07. The van der Waals surface area contributed by atoms with Crippen LogP contribution in [0.5, 0.6) is 0 Å². The Kier molecular flexibility index (Phi) is 3.45. The summed E-state index contributed by atoms with van der Waals surface area (Å²) in [5, 5.41) is 5.50. The molecule has 0 bridgehead atoms. The number of nitrogens with zero attached hydrogens (tertiary/aromatic N) is 4. The second-order valence-electron chi connectivity index (χ2n) is 5.55. The van der Waals surface area contributed by atoms with Crippen molar-refractivity contribution in [3.63, 3.8) is 0 Å². The van der Waals surface area contributed by atoms with Gasteiger partial charge in [0.2, 0.25) is 11.8 Å². The predicted octanol–water partition coefficient (Wildman–Crippen LogP) is 4.47. The predicted molar refractivity (Wildman–Crippen MR) is 78.5 cm³/mol. The van der Waals surface area contributed by atoms with Crippen LogP contribution in [0.1, 0.15) is 11.5 Å². The number of imidazole rings is 1. The Labute approximate surface area is 144 Å². The number of aromatic amines is 1. The summed E-state index contributed by atoms with van der Waals surface area (Å²) in [4.78, 5) is 6.67. The van der Waals surface area contributed by atoms with E-state index in [9.17, 15) is 30.7 Å². The minimum absolute atomic E-state index is 0.130. The fourth-order valence-corrected chi connectivity index (χ4v) is 2.66. The summed E-state index contributed by atoms with van der Waals surface area (Å²) in [6, 6.07) is 4.78. The third-order valence-corrected chi connectivity index (χ3v) is 3.81. The topological polar surface area (TPSA) is 59.4 Å². The van der Waals surface area contributed by atoms with Gasteiger partial charge in [-0.25, -0.2) is 9.97 Å². The molecule has 4 aromatic rings. The number of alkyl halides is 6. The first-order valence-electron chi connectivity index (χ1n) is 7.23. The Morgan fingerprint density at radius 3 is 2.30 bits per heavy atom. The summed E-state index contributed by atoms with van der Waals surface area (Å²) in [5.41, 5.74) is -2.47. The Morgan fingerprint density at radius 2 is 1.63 bits per heavy atom. The fourth-order valence-electron chi connectivity index (χ4n) is 2.66. The highest BCUT2D eigenvalue weighted by Crippen LogP contribution is 2.35. The van der Waals surface area contributed by atoms with Crippen molar-refractivity contribution in [1.82, 2.24) is 24.7 Å². The van der Waals surface area contributed by atoms with Crippen molar-refractivity contribution in [2.24, 2.45) is 0 Å². The molecule has 5 nitrogen and oxygen atoms in total. The quantitative estimate of drug-likeness (QED) is 0.489. The van der Waals surface area contributed by atoms with Gasteiger partial charge in [-0.3, -0.25) is 9.67 Å². The molecule has 0 aliphatic carbocycles. The molecular weight excluding hydrogens is 383 g/mol. The summed E-state index contributed by atoms with van der Waals surface area (Å²) in [7, 11) is 0. The van der Waals surface area contributed by atoms with E-state index >= 15 is 0 Å². The molecule has 0 saturated carbocycles. The molecule has 12 heteroatoms. The van der Waals surface area contributed by atoms with Crippen LogP contribution in [0, 0.1) is 5.95 Å². The number of nitrogens with one attached hydrogen (secondary N) is 1. The Hall–Kier alpha value is -3.18. The van der Waals surface area contributed by atoms with Crippen LogP contribution in [0.4, 0.5) is 30.7 Å². The van der Waals surface area contributed by atoms with E-state index in [0.717, 1.165) is 18.2 Å². The molecule has 0 atom stereocenters. The van der Waals surface area contributed by atoms with Gasteiger partial charge in [0.25, 0.3) is 0 Å². The van der Waals surface area contributed by atoms with Crippen molar-refractivity contribution in [2.45, 2.75) is 12.4 Å². The van der Waals surface area contributed by atoms with E-state index in [1.54, 1.807) is 0 Å². The van der Waals surface area contributed by atoms with Gasteiger partial charge in [-0.2, -0.15) is 30.7 Å². The highest BCUT2D eigenvalue weighted by atomic mass is 19.4. The van der Waals surface area contributed by atoms with Crippen molar-refractivity contribution >= 4 is 22.1 Å². The average molecular weight is 389 g/mol. The molecule has 0 radical (unpaired) electrons. The van der Waals surface area contributed by atoms with Crippen LogP contribution in [-0.2, 0) is 12.4 Å². The SMILES string of the molecule is Fc1n[nH]c2ccc(-n3c(C(F)(F)F)nc4ccc(C(F)(F)F)nc43)cc12. The van der Waals surface area contributed by atoms with Crippen molar-refractivity contribution in [2.75, 3.05) is 0 Å². The monoisotopic (exact) mass is 389 g/mol. The number of aromatic nitrogens is 5. The minimum atomic E-state index is -4.98. The normalized spacial score (nSPS) is 13.0. The molecule has 0 saturated heterocycles. The average Bonchev–Trinajstić information content (AvgIpc) is 3.14. The molecule has 27 heavy (non-hydrogen) atoms. The first-order valence-corrected chi connectivity index (χ1v) is 7.23. The van der Waals surface area contributed by atoms with Crippen molar-refractivity contribution in [1.29, 1.82) is 0 Å². The first kappa shape index (κ1) is 17.2. The van der Waals surface area contributed by atoms with Gasteiger partial charge in [-0.05, 0) is 30.3 Å². The Morgan fingerprint density at radius 1 is 0.889 bits per heavy atom. The van der Waals surface area contributed by atoms with Gasteiger partial charge in [0.15, 0.2) is 5.65 Å². The zero-order valence-electron chi connectivity index (χ0n) is 12.8. The highest BCUT2D eigenvalue weighted by Gasteiger charge is 2.40. The van der Waals surface area contributed by atoms with Crippen molar-refractivity contribution in [3.8, 4) is 5.69 Å². The van der Waals surface area contributed by atoms with E-state index in [2.05, 4.69) is 20.2 Å². The summed E-state index contributed by atoms with van der Waals surface area (Å²) < 4.78 is 93.1. The molecule has 0 aliphatic heterocycles. The third kappa shape index (κ3) is 2.76. The number of halogens is 7. The van der Waals surface area contributed by atoms with E-state index < -0.39 is 35.5 Å². The second-order valence-corrected chi connectivity index (χ2v) is 5.55. The van der Waals surface area contributed by atoms with Crippen molar-refractivity contribution < 1.29 is 30.7 Å². The number of H-pyrrole nitrogens is 1. The maximum Gasteiger partial charge on any atom is 0.450 e. The van der Waals surface area contributed by atoms with Crippen LogP contribution >= 0.6 is 0 Å². The molecule has 0 aliphatic rings. The summed E-state index contributed by atoms with van der Waals surface area (Å²) in [6.07, 6.45) is -9.84. The molecular formula is C15H6F7N5. The fraction of sp³-hybridized carbons (Fsp3) is 0.133. The number of pyridine rings is 1. The number of hydrogen-bond acceptors (Lipinski definition) is 3. The van der Waals surface area contributed by atoms with E-state index in [0.29, 0.717) is 10.6 Å². The zero-order chi connectivity index (χ0) is 19.6. The van der Waals surface area contributed by atoms with Crippen LogP contribution in [0.3, 0.4) is 0 Å². The molecule has 4 rings (SSSR count). The standard InChI is InChI=1S/C15H6F7N5/c16-11-7-5-6(1-2-8(7)25-26-11)27-12-9(23-13(27)15(20,21)22)3-4-10(24-12)14(17,18)19/h1-5H,(H,25,26). The van der Waals surface area contributed by atoms with Gasteiger partial charge in [0.05, 0.1) is 16.6 Å². The highest BCUT2D eigenvalue weighted by molar-refractivity contribution is 5.82. The molecule has 0 unspecified atom stereocenters. The largest absolute Gasteiger partial charge is 0.450 e.